The van der Waals surface area contributed by atoms with Crippen molar-refractivity contribution in [2.45, 2.75) is 0 Å². The minimum Gasteiger partial charge on any atom is -0.368 e. The van der Waals surface area contributed by atoms with E-state index >= 15 is 0 Å². The lowest BCUT2D eigenvalue weighted by Crippen LogP contribution is -2.50. The normalized spacial score (nSPS) is 14.9. The fourth-order valence-electron chi connectivity index (χ4n) is 2.45. The van der Waals surface area contributed by atoms with E-state index in [0.717, 1.165) is 37.0 Å². The Bertz CT molecular complexity index is 580. The van der Waals surface area contributed by atoms with E-state index in [1.165, 1.54) is 5.69 Å². The largest absolute Gasteiger partial charge is 0.368 e. The number of benzene rings is 1. The van der Waals surface area contributed by atoms with E-state index in [9.17, 15) is 0 Å². The van der Waals surface area contributed by atoms with Gasteiger partial charge in [-0.2, -0.15) is 0 Å². The molecule has 2 aromatic rings. The van der Waals surface area contributed by atoms with Crippen LogP contribution in [0.1, 0.15) is 0 Å². The topological polar surface area (TPSA) is 31.4 Å². The quantitative estimate of drug-likeness (QED) is 0.861. The fourth-order valence-corrected chi connectivity index (χ4v) is 2.75. The Morgan fingerprint density at radius 3 is 2.43 bits per heavy atom. The molecule has 0 radical (unpaired) electrons. The number of nitrogens with one attached hydrogen (secondary N) is 1. The van der Waals surface area contributed by atoms with Crippen molar-refractivity contribution in [2.24, 2.45) is 0 Å². The second kappa shape index (κ2) is 6.54. The molecule has 1 fully saturated rings. The van der Waals surface area contributed by atoms with Gasteiger partial charge in [-0.25, -0.2) is 0 Å². The van der Waals surface area contributed by atoms with Crippen LogP contribution in [0.3, 0.4) is 0 Å². The van der Waals surface area contributed by atoms with Gasteiger partial charge in [0.2, 0.25) is 0 Å². The Labute approximate surface area is 130 Å². The number of para-hydroxylation sites is 1. The molecule has 0 amide bonds. The average molecular weight is 298 g/mol. The van der Waals surface area contributed by atoms with Crippen LogP contribution < -0.4 is 10.2 Å². The maximum absolute atomic E-state index is 5.48. The molecule has 1 aliphatic rings. The number of nitrogens with zero attached hydrogens (tertiary/aromatic N) is 3. The molecule has 0 saturated carbocycles. The molecule has 1 aromatic heterocycles. The van der Waals surface area contributed by atoms with Gasteiger partial charge in [0.1, 0.15) is 0 Å². The Hall–Kier alpha value is -2.14. The van der Waals surface area contributed by atoms with Crippen LogP contribution in [0.4, 0.5) is 11.4 Å². The van der Waals surface area contributed by atoms with E-state index < -0.39 is 0 Å². The second-order valence-electron chi connectivity index (χ2n) is 4.98. The maximum atomic E-state index is 5.48. The molecule has 0 atom stereocenters. The predicted molar refractivity (Wildman–Crippen MR) is 90.7 cm³/mol. The van der Waals surface area contributed by atoms with Gasteiger partial charge in [0.25, 0.3) is 0 Å². The third-order valence-corrected chi connectivity index (χ3v) is 3.96. The summed E-state index contributed by atoms with van der Waals surface area (Å²) >= 11 is 5.48. The number of aromatic nitrogens is 1. The van der Waals surface area contributed by atoms with E-state index in [-0.39, 0.29) is 0 Å². The SMILES string of the molecule is S=C(Nc1cccnc1)N1CCN(c2ccccc2)CC1. The first kappa shape index (κ1) is 13.8. The summed E-state index contributed by atoms with van der Waals surface area (Å²) in [5, 5.41) is 4.02. The molecule has 1 aliphatic heterocycles. The van der Waals surface area contributed by atoms with Crippen molar-refractivity contribution in [1.29, 1.82) is 0 Å². The second-order valence-corrected chi connectivity index (χ2v) is 5.37. The van der Waals surface area contributed by atoms with Crippen LogP contribution in [0, 0.1) is 0 Å². The fraction of sp³-hybridized carbons (Fsp3) is 0.250. The highest BCUT2D eigenvalue weighted by molar-refractivity contribution is 7.80. The molecular weight excluding hydrogens is 280 g/mol. The van der Waals surface area contributed by atoms with Crippen LogP contribution in [0.15, 0.2) is 54.9 Å². The smallest absolute Gasteiger partial charge is 0.173 e. The Morgan fingerprint density at radius 2 is 1.76 bits per heavy atom. The van der Waals surface area contributed by atoms with Crippen LogP contribution in [0.5, 0.6) is 0 Å². The minimum absolute atomic E-state index is 0.774. The van der Waals surface area contributed by atoms with Gasteiger partial charge in [-0.15, -0.1) is 0 Å². The average Bonchev–Trinajstić information content (AvgIpc) is 2.57. The molecule has 5 heteroatoms. The zero-order valence-electron chi connectivity index (χ0n) is 11.8. The third kappa shape index (κ3) is 3.49. The molecule has 108 valence electrons. The van der Waals surface area contributed by atoms with Gasteiger partial charge in [0.05, 0.1) is 11.9 Å². The number of rotatable bonds is 2. The standard InChI is InChI=1S/C16H18N4S/c21-16(18-14-5-4-8-17-13-14)20-11-9-19(10-12-20)15-6-2-1-3-7-15/h1-8,13H,9-12H2,(H,18,21). The molecule has 1 N–H and O–H groups in total. The van der Waals surface area contributed by atoms with Crippen molar-refractivity contribution in [3.05, 3.63) is 54.9 Å². The van der Waals surface area contributed by atoms with Gasteiger partial charge in [0.15, 0.2) is 5.11 Å². The molecule has 1 aromatic carbocycles. The summed E-state index contributed by atoms with van der Waals surface area (Å²) in [6.45, 7) is 3.83. The zero-order chi connectivity index (χ0) is 14.5. The monoisotopic (exact) mass is 298 g/mol. The number of hydrogen-bond donors (Lipinski definition) is 1. The van der Waals surface area contributed by atoms with Gasteiger partial charge in [-0.1, -0.05) is 18.2 Å². The highest BCUT2D eigenvalue weighted by Crippen LogP contribution is 2.16. The van der Waals surface area contributed by atoms with Crippen molar-refractivity contribution < 1.29 is 0 Å². The van der Waals surface area contributed by atoms with Crippen LogP contribution in [0.2, 0.25) is 0 Å². The number of hydrogen-bond acceptors (Lipinski definition) is 3. The molecule has 4 nitrogen and oxygen atoms in total. The van der Waals surface area contributed by atoms with Gasteiger partial charge in [0, 0.05) is 38.1 Å². The van der Waals surface area contributed by atoms with E-state index in [1.807, 2.05) is 18.2 Å². The van der Waals surface area contributed by atoms with Gasteiger partial charge >= 0.3 is 0 Å². The molecule has 0 unspecified atom stereocenters. The van der Waals surface area contributed by atoms with Crippen molar-refractivity contribution in [3.8, 4) is 0 Å². The molecule has 2 heterocycles. The first-order valence-corrected chi connectivity index (χ1v) is 7.50. The summed E-state index contributed by atoms with van der Waals surface area (Å²) in [4.78, 5) is 8.69. The van der Waals surface area contributed by atoms with Crippen molar-refractivity contribution in [3.63, 3.8) is 0 Å². The molecule has 21 heavy (non-hydrogen) atoms. The summed E-state index contributed by atoms with van der Waals surface area (Å²) in [6, 6.07) is 14.4. The lowest BCUT2D eigenvalue weighted by atomic mass is 10.2. The Morgan fingerprint density at radius 1 is 1.00 bits per heavy atom. The third-order valence-electron chi connectivity index (χ3n) is 3.60. The van der Waals surface area contributed by atoms with Crippen molar-refractivity contribution in [1.82, 2.24) is 9.88 Å². The van der Waals surface area contributed by atoms with Crippen LogP contribution in [0.25, 0.3) is 0 Å². The van der Waals surface area contributed by atoms with E-state index in [4.69, 9.17) is 12.2 Å². The molecule has 1 saturated heterocycles. The Kier molecular flexibility index (Phi) is 4.31. The van der Waals surface area contributed by atoms with Crippen LogP contribution in [-0.4, -0.2) is 41.2 Å². The molecule has 3 rings (SSSR count). The first-order valence-electron chi connectivity index (χ1n) is 7.09. The number of thiocarbonyl (C=S) groups is 1. The van der Waals surface area contributed by atoms with Crippen LogP contribution >= 0.6 is 12.2 Å². The lowest BCUT2D eigenvalue weighted by molar-refractivity contribution is 0.391. The van der Waals surface area contributed by atoms with Gasteiger partial charge in [-0.05, 0) is 36.5 Å². The molecule has 0 bridgehead atoms. The predicted octanol–water partition coefficient (Wildman–Crippen LogP) is 2.60. The van der Waals surface area contributed by atoms with Crippen molar-refractivity contribution >= 4 is 28.7 Å². The minimum atomic E-state index is 0.774. The summed E-state index contributed by atoms with van der Waals surface area (Å²) in [5.41, 5.74) is 2.22. The summed E-state index contributed by atoms with van der Waals surface area (Å²) in [7, 11) is 0. The first-order chi connectivity index (χ1) is 10.3. The van der Waals surface area contributed by atoms with Gasteiger partial charge in [-0.3, -0.25) is 4.98 Å². The number of anilines is 2. The zero-order valence-corrected chi connectivity index (χ0v) is 12.6. The van der Waals surface area contributed by atoms with E-state index in [0.29, 0.717) is 0 Å². The van der Waals surface area contributed by atoms with E-state index in [1.54, 1.807) is 12.4 Å². The number of piperazine rings is 1. The summed E-state index contributed by atoms with van der Waals surface area (Å²) < 4.78 is 0. The molecular formula is C16H18N4S. The number of pyridine rings is 1. The highest BCUT2D eigenvalue weighted by Gasteiger charge is 2.18. The summed E-state index contributed by atoms with van der Waals surface area (Å²) in [5.74, 6) is 0. The summed E-state index contributed by atoms with van der Waals surface area (Å²) in [6.07, 6.45) is 3.54. The van der Waals surface area contributed by atoms with Gasteiger partial charge < -0.3 is 15.1 Å². The van der Waals surface area contributed by atoms with Crippen molar-refractivity contribution in [2.75, 3.05) is 36.4 Å². The molecule has 0 spiro atoms. The lowest BCUT2D eigenvalue weighted by Gasteiger charge is -2.37. The van der Waals surface area contributed by atoms with Crippen LogP contribution in [-0.2, 0) is 0 Å². The molecule has 0 aliphatic carbocycles. The Balaban J connectivity index is 1.55. The highest BCUT2D eigenvalue weighted by atomic mass is 32.1. The maximum Gasteiger partial charge on any atom is 0.173 e. The van der Waals surface area contributed by atoms with E-state index in [2.05, 4.69) is 44.4 Å².